The number of ether oxygens (including phenoxy) is 4. The van der Waals surface area contributed by atoms with Gasteiger partial charge in [0.1, 0.15) is 13.2 Å². The van der Waals surface area contributed by atoms with Crippen molar-refractivity contribution in [2.45, 2.75) is 152 Å². The van der Waals surface area contributed by atoms with Crippen molar-refractivity contribution >= 4 is 77.2 Å². The van der Waals surface area contributed by atoms with E-state index in [1.54, 1.807) is 0 Å². The van der Waals surface area contributed by atoms with Crippen molar-refractivity contribution in [3.8, 4) is 0 Å². The number of esters is 2. The van der Waals surface area contributed by atoms with Gasteiger partial charge in [-0.25, -0.2) is 8.61 Å². The second-order valence-electron chi connectivity index (χ2n) is 15.8. The highest BCUT2D eigenvalue weighted by Crippen LogP contribution is 2.28. The third kappa shape index (κ3) is 32.8. The number of rotatable bonds is 43. The molecule has 0 aliphatic rings. The molecule has 0 aromatic carbocycles. The van der Waals surface area contributed by atoms with Crippen LogP contribution in [0.1, 0.15) is 141 Å². The molecule has 70 heavy (non-hydrogen) atoms. The zero-order chi connectivity index (χ0) is 52.9. The maximum Gasteiger partial charge on any atom is 0.516 e. The molecule has 0 radical (unpaired) electrons. The lowest BCUT2D eigenvalue weighted by Gasteiger charge is -2.18. The molecule has 0 aliphatic carbocycles. The van der Waals surface area contributed by atoms with Crippen LogP contribution in [0, 0.1) is 0 Å². The van der Waals surface area contributed by atoms with E-state index in [9.17, 15) is 71.9 Å². The number of unbranched alkanes of at least 4 members (excludes halogenated alkanes) is 14. The zero-order valence-corrected chi connectivity index (χ0v) is 43.4. The number of alkyl halides is 6. The summed E-state index contributed by atoms with van der Waals surface area (Å²) in [6.07, 6.45) is 15.6. The van der Waals surface area contributed by atoms with Crippen molar-refractivity contribution < 1.29 is 90.9 Å². The van der Waals surface area contributed by atoms with Crippen molar-refractivity contribution in [1.82, 2.24) is 19.2 Å². The Hall–Kier alpha value is -3.08. The molecule has 0 atom stereocenters. The minimum Gasteiger partial charge on any atom is -0.463 e. The van der Waals surface area contributed by atoms with Gasteiger partial charge in [-0.1, -0.05) is 98.6 Å². The summed E-state index contributed by atoms with van der Waals surface area (Å²) < 4.78 is 139. The van der Waals surface area contributed by atoms with Gasteiger partial charge >= 0.3 is 43.0 Å². The predicted molar refractivity (Wildman–Crippen MR) is 252 cm³/mol. The Bertz CT molecular complexity index is 1620. The first-order valence-corrected chi connectivity index (χ1v) is 28.7. The topological polar surface area (TPSA) is 238 Å². The maximum absolute atomic E-state index is 12.5. The fraction of sp³-hybridized carbons (Fsp3) is 0.857. The molecule has 0 heterocycles. The van der Waals surface area contributed by atoms with Gasteiger partial charge in [-0.3, -0.25) is 28.8 Å². The molecule has 0 saturated carbocycles. The van der Waals surface area contributed by atoms with Gasteiger partial charge in [0.25, 0.3) is 0 Å². The van der Waals surface area contributed by atoms with Crippen LogP contribution in [0.3, 0.4) is 0 Å². The number of sulfonamides is 2. The van der Waals surface area contributed by atoms with Crippen LogP contribution in [0.2, 0.25) is 0 Å². The Kier molecular flexibility index (Phi) is 36.8. The van der Waals surface area contributed by atoms with Crippen LogP contribution in [0.25, 0.3) is 0 Å². The molecule has 0 bridgehead atoms. The van der Waals surface area contributed by atoms with Gasteiger partial charge in [0.15, 0.2) is 0 Å². The average molecular weight is 1100 g/mol. The van der Waals surface area contributed by atoms with Crippen molar-refractivity contribution in [2.24, 2.45) is 0 Å². The van der Waals surface area contributed by atoms with Gasteiger partial charge < -0.3 is 29.6 Å². The van der Waals surface area contributed by atoms with Crippen LogP contribution < -0.4 is 10.6 Å². The Morgan fingerprint density at radius 3 is 1.04 bits per heavy atom. The Labute approximate surface area is 416 Å². The summed E-state index contributed by atoms with van der Waals surface area (Å²) in [7, 11) is -6.86. The standard InChI is InChI=1S/C42H72F6N4O14S4/c1-51(69(59,60)41(43,44)45)37(55)21-23-39(57)65-31-29-63-27-25-49-35(53)19-15-11-7-3-5-9-13-17-33-67-68-34-18-14-10-6-4-8-12-16-20-36(54)50-26-28-64-30-32-66-40(58)24-22-38(56)52(2)70(61,62)42(46,47)48/h3-34H2,1-2H3,(H,49,53)(H,50,54). The molecule has 410 valence electrons. The van der Waals surface area contributed by atoms with Crippen LogP contribution in [0.5, 0.6) is 0 Å². The van der Waals surface area contributed by atoms with Crippen molar-refractivity contribution in [3.63, 3.8) is 0 Å². The van der Waals surface area contributed by atoms with Crippen LogP contribution in [0.4, 0.5) is 26.3 Å². The normalized spacial score (nSPS) is 12.1. The number of carbonyl (C=O) groups is 6. The number of hydrogen-bond donors (Lipinski definition) is 2. The summed E-state index contributed by atoms with van der Waals surface area (Å²) in [5.74, 6) is -2.49. The quantitative estimate of drug-likeness (QED) is 0.0273. The number of nitrogens with one attached hydrogen (secondary N) is 2. The molecule has 0 aliphatic heterocycles. The lowest BCUT2D eigenvalue weighted by Crippen LogP contribution is -2.41. The van der Waals surface area contributed by atoms with E-state index >= 15 is 0 Å². The lowest BCUT2D eigenvalue weighted by molar-refractivity contribution is -0.147. The molecular formula is C42H72F6N4O14S4. The first-order chi connectivity index (χ1) is 32.9. The van der Waals surface area contributed by atoms with Gasteiger partial charge in [0, 0.05) is 64.4 Å². The summed E-state index contributed by atoms with van der Waals surface area (Å²) >= 11 is 0. The molecule has 0 saturated heterocycles. The van der Waals surface area contributed by atoms with Gasteiger partial charge in [0.2, 0.25) is 23.6 Å². The molecule has 4 amide bonds. The predicted octanol–water partition coefficient (Wildman–Crippen LogP) is 6.92. The average Bonchev–Trinajstić information content (AvgIpc) is 3.29. The molecule has 28 heteroatoms. The van der Waals surface area contributed by atoms with E-state index in [0.717, 1.165) is 62.9 Å². The largest absolute Gasteiger partial charge is 0.516 e. The van der Waals surface area contributed by atoms with Crippen LogP contribution >= 0.6 is 21.6 Å². The zero-order valence-electron chi connectivity index (χ0n) is 40.1. The van der Waals surface area contributed by atoms with Gasteiger partial charge in [-0.15, -0.1) is 0 Å². The van der Waals surface area contributed by atoms with Crippen molar-refractivity contribution in [2.75, 3.05) is 78.3 Å². The van der Waals surface area contributed by atoms with Gasteiger partial charge in [0.05, 0.1) is 39.3 Å². The van der Waals surface area contributed by atoms with E-state index in [0.29, 0.717) is 26.9 Å². The number of hydrogen-bond acceptors (Lipinski definition) is 16. The highest BCUT2D eigenvalue weighted by molar-refractivity contribution is 8.76. The first kappa shape index (κ1) is 66.9. The number of carbonyl (C=O) groups excluding carboxylic acids is 6. The Balaban J connectivity index is 3.48. The van der Waals surface area contributed by atoms with Crippen molar-refractivity contribution in [1.29, 1.82) is 0 Å². The molecule has 0 aromatic heterocycles. The van der Waals surface area contributed by atoms with Gasteiger partial charge in [-0.2, -0.15) is 43.2 Å². The summed E-state index contributed by atoms with van der Waals surface area (Å²) in [5.41, 5.74) is -11.3. The van der Waals surface area contributed by atoms with Crippen LogP contribution in [-0.2, 0) is 67.8 Å². The molecule has 0 rings (SSSR count). The van der Waals surface area contributed by atoms with E-state index in [-0.39, 0.29) is 64.5 Å². The third-order valence-corrected chi connectivity index (χ3v) is 15.7. The fourth-order valence-electron chi connectivity index (χ4n) is 5.92. The monoisotopic (exact) mass is 1100 g/mol. The minimum atomic E-state index is -5.83. The summed E-state index contributed by atoms with van der Waals surface area (Å²) in [5, 5.41) is 5.49. The molecular weight excluding hydrogens is 1030 g/mol. The molecule has 18 nitrogen and oxygen atoms in total. The first-order valence-electron chi connectivity index (χ1n) is 23.4. The maximum atomic E-state index is 12.5. The van der Waals surface area contributed by atoms with Crippen LogP contribution in [0.15, 0.2) is 0 Å². The summed E-state index contributed by atoms with van der Waals surface area (Å²) in [6.45, 7) is 0.464. The van der Waals surface area contributed by atoms with E-state index in [1.807, 2.05) is 21.6 Å². The Morgan fingerprint density at radius 2 is 0.729 bits per heavy atom. The number of amides is 4. The number of nitrogens with zero attached hydrogens (tertiary/aromatic N) is 2. The second-order valence-corrected chi connectivity index (χ2v) is 22.4. The molecule has 0 fully saturated rings. The summed E-state index contributed by atoms with van der Waals surface area (Å²) in [4.78, 5) is 70.8. The SMILES string of the molecule is CN(C(=O)CCC(=O)OCCOCCNC(=O)CCCCCCCCCCSSCCCCCCCCCCC(=O)NCCOCCOC(=O)CCC(=O)N(C)S(=O)(=O)C(F)(F)F)S(=O)(=O)C(F)(F)F. The molecule has 0 aromatic rings. The van der Waals surface area contributed by atoms with E-state index in [4.69, 9.17) is 18.9 Å². The van der Waals surface area contributed by atoms with Crippen LogP contribution in [-0.4, -0.2) is 150 Å². The van der Waals surface area contributed by atoms with E-state index in [1.165, 1.54) is 51.4 Å². The van der Waals surface area contributed by atoms with E-state index < -0.39 is 89.1 Å². The Morgan fingerprint density at radius 1 is 0.429 bits per heavy atom. The highest BCUT2D eigenvalue weighted by Gasteiger charge is 2.51. The second kappa shape index (κ2) is 38.5. The molecule has 0 spiro atoms. The third-order valence-electron chi connectivity index (χ3n) is 10.1. The number of halogens is 6. The minimum absolute atomic E-state index is 0.0107. The van der Waals surface area contributed by atoms with E-state index in [2.05, 4.69) is 10.6 Å². The van der Waals surface area contributed by atoms with Crippen molar-refractivity contribution in [3.05, 3.63) is 0 Å². The molecule has 2 N–H and O–H groups in total. The lowest BCUT2D eigenvalue weighted by atomic mass is 10.1. The van der Waals surface area contributed by atoms with Gasteiger partial charge in [-0.05, 0) is 25.7 Å². The highest BCUT2D eigenvalue weighted by atomic mass is 33.1. The molecule has 0 unspecified atom stereocenters. The summed E-state index contributed by atoms with van der Waals surface area (Å²) in [6, 6.07) is 0. The fourth-order valence-corrected chi connectivity index (χ4v) is 9.56. The smallest absolute Gasteiger partial charge is 0.463 e.